The molecule has 4 unspecified atom stereocenters. The highest BCUT2D eigenvalue weighted by Gasteiger charge is 2.44. The predicted octanol–water partition coefficient (Wildman–Crippen LogP) is 7.85. The standard InChI is InChI=1S/C25H33N4.C4H10.C2H6/c1-6-20-11-13-21(14-12-20)17(2)18(3)26-25-23-10-8-7-9-22(23)24-15-16-29(25,5)19(4)27-28-24;1-3-4-2;1-2/h7-14,17-18,25-26H,6,15-16H2,1-5H3;3-4H2,1-2H3;1-2H3/q+1;;. The molecule has 0 fully saturated rings. The Morgan fingerprint density at radius 1 is 0.943 bits per heavy atom. The third-order valence-corrected chi connectivity index (χ3v) is 7.59. The molecule has 1 N–H and O–H groups in total. The fourth-order valence-electron chi connectivity index (χ4n) is 4.59. The highest BCUT2D eigenvalue weighted by atomic mass is 15.5. The van der Waals surface area contributed by atoms with Crippen LogP contribution in [-0.4, -0.2) is 35.7 Å². The fraction of sp³-hybridized carbons (Fsp3) is 0.548. The van der Waals surface area contributed by atoms with Crippen LogP contribution in [0.2, 0.25) is 0 Å². The van der Waals surface area contributed by atoms with E-state index >= 15 is 0 Å². The summed E-state index contributed by atoms with van der Waals surface area (Å²) >= 11 is 0. The number of nitrogens with zero attached hydrogens (tertiary/aromatic N) is 3. The number of hydrogen-bond donors (Lipinski definition) is 1. The molecule has 4 atom stereocenters. The summed E-state index contributed by atoms with van der Waals surface area (Å²) in [7, 11) is 2.30. The van der Waals surface area contributed by atoms with Gasteiger partial charge in [-0.05, 0) is 30.4 Å². The van der Waals surface area contributed by atoms with Gasteiger partial charge in [0.1, 0.15) is 0 Å². The van der Waals surface area contributed by atoms with E-state index in [2.05, 4.69) is 113 Å². The van der Waals surface area contributed by atoms with Gasteiger partial charge in [0.05, 0.1) is 19.3 Å². The second-order valence-corrected chi connectivity index (χ2v) is 9.76. The third kappa shape index (κ3) is 6.68. The van der Waals surface area contributed by atoms with Crippen LogP contribution < -0.4 is 5.32 Å². The zero-order valence-electron chi connectivity index (χ0n) is 23.7. The van der Waals surface area contributed by atoms with Crippen LogP contribution in [-0.2, 0) is 6.42 Å². The first kappa shape index (κ1) is 28.9. The first-order chi connectivity index (χ1) is 16.8. The summed E-state index contributed by atoms with van der Waals surface area (Å²) in [6.45, 7) is 18.3. The van der Waals surface area contributed by atoms with E-state index in [4.69, 9.17) is 0 Å². The smallest absolute Gasteiger partial charge is 0.220 e. The summed E-state index contributed by atoms with van der Waals surface area (Å²) < 4.78 is 0.760. The highest BCUT2D eigenvalue weighted by molar-refractivity contribution is 6.03. The molecule has 4 rings (SSSR count). The van der Waals surface area contributed by atoms with Crippen molar-refractivity contribution < 1.29 is 4.48 Å². The lowest BCUT2D eigenvalue weighted by atomic mass is 9.92. The average Bonchev–Trinajstić information content (AvgIpc) is 3.13. The number of amidine groups is 1. The van der Waals surface area contributed by atoms with E-state index in [1.807, 2.05) is 13.8 Å². The molecule has 2 aliphatic rings. The molecule has 192 valence electrons. The Morgan fingerprint density at radius 3 is 2.17 bits per heavy atom. The van der Waals surface area contributed by atoms with Gasteiger partial charge in [-0.25, -0.2) is 0 Å². The van der Waals surface area contributed by atoms with E-state index in [0.717, 1.165) is 35.4 Å². The van der Waals surface area contributed by atoms with Gasteiger partial charge < -0.3 is 0 Å². The Hall–Kier alpha value is -2.30. The van der Waals surface area contributed by atoms with E-state index in [1.54, 1.807) is 0 Å². The number of nitrogens with one attached hydrogen (secondary N) is 1. The molecule has 35 heavy (non-hydrogen) atoms. The Bertz CT molecular complexity index is 974. The van der Waals surface area contributed by atoms with E-state index < -0.39 is 0 Å². The van der Waals surface area contributed by atoms with Crippen LogP contribution in [0.15, 0.2) is 58.7 Å². The average molecular weight is 478 g/mol. The van der Waals surface area contributed by atoms with Crippen LogP contribution in [0.25, 0.3) is 0 Å². The second kappa shape index (κ2) is 13.7. The van der Waals surface area contributed by atoms with Crippen molar-refractivity contribution >= 4 is 11.5 Å². The van der Waals surface area contributed by atoms with Crippen LogP contribution in [0.4, 0.5) is 0 Å². The van der Waals surface area contributed by atoms with Gasteiger partial charge >= 0.3 is 0 Å². The minimum Gasteiger partial charge on any atom is -0.261 e. The summed E-state index contributed by atoms with van der Waals surface area (Å²) in [5, 5.41) is 13.2. The van der Waals surface area contributed by atoms with Crippen molar-refractivity contribution in [3.63, 3.8) is 0 Å². The molecule has 0 spiro atoms. The second-order valence-electron chi connectivity index (χ2n) is 9.76. The molecule has 0 saturated heterocycles. The molecule has 2 aliphatic heterocycles. The van der Waals surface area contributed by atoms with Crippen molar-refractivity contribution in [1.82, 2.24) is 5.32 Å². The van der Waals surface area contributed by atoms with E-state index in [1.165, 1.54) is 35.1 Å². The van der Waals surface area contributed by atoms with Crippen LogP contribution in [0.1, 0.15) is 109 Å². The molecule has 2 heterocycles. The SMILES string of the molecule is CC.CCCC.CCc1ccc(C(C)C(C)NC2c3ccccc3C3=NN=C(C)[N+]2(C)CC3)cc1. The maximum absolute atomic E-state index is 4.60. The van der Waals surface area contributed by atoms with Gasteiger partial charge in [0.2, 0.25) is 5.84 Å². The third-order valence-electron chi connectivity index (χ3n) is 7.59. The lowest BCUT2D eigenvalue weighted by Gasteiger charge is -2.41. The summed E-state index contributed by atoms with van der Waals surface area (Å²) in [5.41, 5.74) is 6.47. The lowest BCUT2D eigenvalue weighted by Crippen LogP contribution is -2.57. The Kier molecular flexibility index (Phi) is 11.3. The Balaban J connectivity index is 0.000000655. The van der Waals surface area contributed by atoms with Gasteiger partial charge in [-0.1, -0.05) is 108 Å². The van der Waals surface area contributed by atoms with Gasteiger partial charge in [0.15, 0.2) is 6.17 Å². The normalized spacial score (nSPS) is 22.0. The van der Waals surface area contributed by atoms with Crippen LogP contribution in [0, 0.1) is 0 Å². The quantitative estimate of drug-likeness (QED) is 0.423. The van der Waals surface area contributed by atoms with Crippen LogP contribution in [0.3, 0.4) is 0 Å². The van der Waals surface area contributed by atoms with Gasteiger partial charge in [-0.3, -0.25) is 9.80 Å². The fourth-order valence-corrected chi connectivity index (χ4v) is 4.59. The summed E-state index contributed by atoms with van der Waals surface area (Å²) in [4.78, 5) is 0. The Morgan fingerprint density at radius 2 is 1.57 bits per heavy atom. The largest absolute Gasteiger partial charge is 0.261 e. The molecule has 2 bridgehead atoms. The molecular formula is C31H49N4+. The van der Waals surface area contributed by atoms with Gasteiger partial charge in [-0.15, -0.1) is 5.10 Å². The molecule has 4 nitrogen and oxygen atoms in total. The number of benzene rings is 2. The molecule has 2 aromatic rings. The topological polar surface area (TPSA) is 36.8 Å². The van der Waals surface area contributed by atoms with Crippen molar-refractivity contribution in [3.8, 4) is 0 Å². The number of fused-ring (bicyclic) bond motifs is 5. The first-order valence-electron chi connectivity index (χ1n) is 13.8. The molecule has 0 radical (unpaired) electrons. The molecule has 2 aromatic carbocycles. The molecule has 0 aromatic heterocycles. The highest BCUT2D eigenvalue weighted by Crippen LogP contribution is 2.36. The van der Waals surface area contributed by atoms with Crippen molar-refractivity contribution in [3.05, 3.63) is 70.8 Å². The minimum absolute atomic E-state index is 0.162. The lowest BCUT2D eigenvalue weighted by molar-refractivity contribution is -0.858. The van der Waals surface area contributed by atoms with Crippen LogP contribution >= 0.6 is 0 Å². The van der Waals surface area contributed by atoms with Crippen molar-refractivity contribution in [2.24, 2.45) is 10.2 Å². The van der Waals surface area contributed by atoms with Crippen molar-refractivity contribution in [2.75, 3.05) is 13.6 Å². The van der Waals surface area contributed by atoms with E-state index in [-0.39, 0.29) is 6.17 Å². The zero-order valence-corrected chi connectivity index (χ0v) is 23.7. The first-order valence-corrected chi connectivity index (χ1v) is 13.8. The zero-order chi connectivity index (χ0) is 26.0. The molecule has 0 saturated carbocycles. The predicted molar refractivity (Wildman–Crippen MR) is 153 cm³/mol. The molecule has 4 heteroatoms. The van der Waals surface area contributed by atoms with E-state index in [0.29, 0.717) is 12.0 Å². The number of aryl methyl sites for hydroxylation is 1. The number of unbranched alkanes of at least 4 members (excludes halogenated alkanes) is 1. The van der Waals surface area contributed by atoms with Gasteiger partial charge in [0.25, 0.3) is 0 Å². The van der Waals surface area contributed by atoms with Gasteiger partial charge in [0, 0.05) is 30.5 Å². The van der Waals surface area contributed by atoms with Crippen LogP contribution in [0.5, 0.6) is 0 Å². The molecule has 0 aliphatic carbocycles. The number of rotatable bonds is 6. The molecular weight excluding hydrogens is 428 g/mol. The Labute approximate surface area is 215 Å². The monoisotopic (exact) mass is 477 g/mol. The summed E-state index contributed by atoms with van der Waals surface area (Å²) in [6.07, 6.45) is 4.84. The maximum atomic E-state index is 4.60. The summed E-state index contributed by atoms with van der Waals surface area (Å²) in [6, 6.07) is 18.1. The van der Waals surface area contributed by atoms with Crippen molar-refractivity contribution in [2.45, 2.75) is 99.2 Å². The minimum atomic E-state index is 0.162. The molecule has 0 amide bonds. The summed E-state index contributed by atoms with van der Waals surface area (Å²) in [5.74, 6) is 1.48. The van der Waals surface area contributed by atoms with Gasteiger partial charge in [-0.2, -0.15) is 0 Å². The maximum Gasteiger partial charge on any atom is 0.220 e. The number of quaternary nitrogens is 1. The van der Waals surface area contributed by atoms with E-state index in [9.17, 15) is 0 Å². The van der Waals surface area contributed by atoms with Crippen molar-refractivity contribution in [1.29, 1.82) is 0 Å². The number of hydrogen-bond acceptors (Lipinski definition) is 3.